The van der Waals surface area contributed by atoms with Crippen molar-refractivity contribution in [3.8, 4) is 5.75 Å². The average Bonchev–Trinajstić information content (AvgIpc) is 2.98. The van der Waals surface area contributed by atoms with Crippen LogP contribution in [-0.4, -0.2) is 39.8 Å². The summed E-state index contributed by atoms with van der Waals surface area (Å²) in [5.41, 5.74) is 1.61. The van der Waals surface area contributed by atoms with E-state index in [0.717, 1.165) is 31.5 Å². The summed E-state index contributed by atoms with van der Waals surface area (Å²) < 4.78 is 20.7. The van der Waals surface area contributed by atoms with Crippen molar-refractivity contribution < 1.29 is 13.9 Å². The first kappa shape index (κ1) is 17.5. The van der Waals surface area contributed by atoms with E-state index in [1.165, 1.54) is 12.1 Å². The summed E-state index contributed by atoms with van der Waals surface area (Å²) in [7, 11) is 0. The van der Waals surface area contributed by atoms with Crippen molar-refractivity contribution in [2.24, 2.45) is 0 Å². The first-order valence-corrected chi connectivity index (χ1v) is 8.82. The molecule has 1 saturated heterocycles. The van der Waals surface area contributed by atoms with E-state index in [0.29, 0.717) is 24.4 Å². The minimum Gasteiger partial charge on any atom is -0.490 e. The van der Waals surface area contributed by atoms with Crippen LogP contribution >= 0.6 is 0 Å². The molecule has 5 nitrogen and oxygen atoms in total. The largest absolute Gasteiger partial charge is 0.490 e. The van der Waals surface area contributed by atoms with E-state index < -0.39 is 0 Å². The first-order valence-electron chi connectivity index (χ1n) is 8.82. The lowest BCUT2D eigenvalue weighted by atomic mass is 10.1. The highest BCUT2D eigenvalue weighted by Gasteiger charge is 2.26. The number of hydrogen-bond acceptors (Lipinski definition) is 3. The smallest absolute Gasteiger partial charge is 0.257 e. The third-order valence-electron chi connectivity index (χ3n) is 4.61. The van der Waals surface area contributed by atoms with Gasteiger partial charge in [-0.3, -0.25) is 9.48 Å². The number of carbonyl (C=O) groups is 1. The Hall–Kier alpha value is -2.37. The summed E-state index contributed by atoms with van der Waals surface area (Å²) in [6, 6.07) is 6.06. The SMILES string of the molecule is CCCn1ncc(C(=O)N2CCC(Oc3ccc(F)cc3)CC2)c1C. The highest BCUT2D eigenvalue weighted by Crippen LogP contribution is 2.21. The molecule has 0 spiro atoms. The second kappa shape index (κ2) is 7.68. The predicted octanol–water partition coefficient (Wildman–Crippen LogP) is 3.42. The number of halogens is 1. The topological polar surface area (TPSA) is 47.4 Å². The Balaban J connectivity index is 1.56. The Labute approximate surface area is 147 Å². The Morgan fingerprint density at radius 3 is 2.60 bits per heavy atom. The van der Waals surface area contributed by atoms with E-state index >= 15 is 0 Å². The molecule has 3 rings (SSSR count). The molecular formula is C19H24FN3O2. The van der Waals surface area contributed by atoms with Gasteiger partial charge >= 0.3 is 0 Å². The zero-order chi connectivity index (χ0) is 17.8. The van der Waals surface area contributed by atoms with Crippen LogP contribution in [0.25, 0.3) is 0 Å². The van der Waals surface area contributed by atoms with Gasteiger partial charge in [0.05, 0.1) is 11.8 Å². The van der Waals surface area contributed by atoms with Crippen molar-refractivity contribution >= 4 is 5.91 Å². The van der Waals surface area contributed by atoms with Crippen LogP contribution < -0.4 is 4.74 Å². The Morgan fingerprint density at radius 2 is 1.96 bits per heavy atom. The molecule has 1 fully saturated rings. The van der Waals surface area contributed by atoms with Crippen LogP contribution in [0.2, 0.25) is 0 Å². The van der Waals surface area contributed by atoms with E-state index in [-0.39, 0.29) is 17.8 Å². The zero-order valence-corrected chi connectivity index (χ0v) is 14.7. The summed E-state index contributed by atoms with van der Waals surface area (Å²) >= 11 is 0. The van der Waals surface area contributed by atoms with Crippen LogP contribution in [0.4, 0.5) is 4.39 Å². The van der Waals surface area contributed by atoms with Crippen molar-refractivity contribution in [1.29, 1.82) is 0 Å². The zero-order valence-electron chi connectivity index (χ0n) is 14.7. The number of rotatable bonds is 5. The molecule has 2 heterocycles. The number of benzene rings is 1. The van der Waals surface area contributed by atoms with Crippen molar-refractivity contribution in [3.63, 3.8) is 0 Å². The maximum absolute atomic E-state index is 12.9. The highest BCUT2D eigenvalue weighted by atomic mass is 19.1. The summed E-state index contributed by atoms with van der Waals surface area (Å²) in [6.45, 7) is 6.17. The number of aryl methyl sites for hydroxylation is 1. The molecule has 1 amide bonds. The summed E-state index contributed by atoms with van der Waals surface area (Å²) in [5.74, 6) is 0.440. The van der Waals surface area contributed by atoms with Crippen molar-refractivity contribution in [2.45, 2.75) is 45.8 Å². The Bertz CT molecular complexity index is 719. The lowest BCUT2D eigenvalue weighted by Gasteiger charge is -2.32. The summed E-state index contributed by atoms with van der Waals surface area (Å²) in [5, 5.41) is 4.31. The predicted molar refractivity (Wildman–Crippen MR) is 93.2 cm³/mol. The second-order valence-electron chi connectivity index (χ2n) is 6.43. The van der Waals surface area contributed by atoms with Gasteiger partial charge in [-0.25, -0.2) is 4.39 Å². The van der Waals surface area contributed by atoms with Gasteiger partial charge in [-0.1, -0.05) is 6.92 Å². The van der Waals surface area contributed by atoms with Gasteiger partial charge in [-0.2, -0.15) is 5.10 Å². The molecule has 0 aliphatic carbocycles. The van der Waals surface area contributed by atoms with E-state index in [1.54, 1.807) is 18.3 Å². The molecule has 0 radical (unpaired) electrons. The molecule has 1 aromatic carbocycles. The molecule has 0 N–H and O–H groups in total. The second-order valence-corrected chi connectivity index (χ2v) is 6.43. The van der Waals surface area contributed by atoms with Crippen molar-refractivity contribution in [2.75, 3.05) is 13.1 Å². The molecule has 0 unspecified atom stereocenters. The van der Waals surface area contributed by atoms with Crippen LogP contribution in [0, 0.1) is 12.7 Å². The van der Waals surface area contributed by atoms with Gasteiger partial charge in [0, 0.05) is 38.2 Å². The first-order chi connectivity index (χ1) is 12.1. The van der Waals surface area contributed by atoms with Crippen LogP contribution in [0.5, 0.6) is 5.75 Å². The Morgan fingerprint density at radius 1 is 1.28 bits per heavy atom. The van der Waals surface area contributed by atoms with Crippen LogP contribution in [0.1, 0.15) is 42.2 Å². The maximum Gasteiger partial charge on any atom is 0.257 e. The number of likely N-dealkylation sites (tertiary alicyclic amines) is 1. The normalized spacial score (nSPS) is 15.4. The molecule has 0 bridgehead atoms. The fraction of sp³-hybridized carbons (Fsp3) is 0.474. The molecule has 134 valence electrons. The lowest BCUT2D eigenvalue weighted by Crippen LogP contribution is -2.41. The van der Waals surface area contributed by atoms with Crippen molar-refractivity contribution in [3.05, 3.63) is 47.5 Å². The number of piperidine rings is 1. The molecule has 0 atom stereocenters. The third kappa shape index (κ3) is 4.00. The molecule has 6 heteroatoms. The van der Waals surface area contributed by atoms with E-state index in [4.69, 9.17) is 4.74 Å². The molecule has 1 aromatic heterocycles. The third-order valence-corrected chi connectivity index (χ3v) is 4.61. The number of amides is 1. The maximum atomic E-state index is 12.9. The van der Waals surface area contributed by atoms with Crippen LogP contribution in [0.15, 0.2) is 30.5 Å². The van der Waals surface area contributed by atoms with E-state index in [9.17, 15) is 9.18 Å². The van der Waals surface area contributed by atoms with Crippen LogP contribution in [0.3, 0.4) is 0 Å². The number of aromatic nitrogens is 2. The number of carbonyl (C=O) groups excluding carboxylic acids is 1. The molecule has 1 aliphatic rings. The lowest BCUT2D eigenvalue weighted by molar-refractivity contribution is 0.0594. The molecule has 25 heavy (non-hydrogen) atoms. The minimum absolute atomic E-state index is 0.0417. The molecule has 2 aromatic rings. The Kier molecular flexibility index (Phi) is 5.36. The monoisotopic (exact) mass is 345 g/mol. The highest BCUT2D eigenvalue weighted by molar-refractivity contribution is 5.95. The fourth-order valence-electron chi connectivity index (χ4n) is 3.15. The minimum atomic E-state index is -0.272. The van der Waals surface area contributed by atoms with E-state index in [2.05, 4.69) is 12.0 Å². The van der Waals surface area contributed by atoms with Gasteiger partial charge in [0.1, 0.15) is 17.7 Å². The fourth-order valence-corrected chi connectivity index (χ4v) is 3.15. The molecular weight excluding hydrogens is 321 g/mol. The number of hydrogen-bond donors (Lipinski definition) is 0. The molecule has 1 aliphatic heterocycles. The summed E-state index contributed by atoms with van der Waals surface area (Å²) in [6.07, 6.45) is 4.26. The van der Waals surface area contributed by atoms with Gasteiger partial charge in [0.2, 0.25) is 0 Å². The number of nitrogens with zero attached hydrogens (tertiary/aromatic N) is 3. The standard InChI is InChI=1S/C19H24FN3O2/c1-3-10-23-14(2)18(13-21-23)19(24)22-11-8-17(9-12-22)25-16-6-4-15(20)5-7-16/h4-7,13,17H,3,8-12H2,1-2H3. The van der Waals surface area contributed by atoms with Gasteiger partial charge in [0.15, 0.2) is 0 Å². The van der Waals surface area contributed by atoms with E-state index in [1.807, 2.05) is 16.5 Å². The van der Waals surface area contributed by atoms with Gasteiger partial charge in [-0.15, -0.1) is 0 Å². The van der Waals surface area contributed by atoms with Crippen molar-refractivity contribution in [1.82, 2.24) is 14.7 Å². The number of ether oxygens (including phenoxy) is 1. The van der Waals surface area contributed by atoms with Gasteiger partial charge < -0.3 is 9.64 Å². The van der Waals surface area contributed by atoms with Gasteiger partial charge in [-0.05, 0) is 37.6 Å². The van der Waals surface area contributed by atoms with Gasteiger partial charge in [0.25, 0.3) is 5.91 Å². The van der Waals surface area contributed by atoms with Crippen LogP contribution in [-0.2, 0) is 6.54 Å². The quantitative estimate of drug-likeness (QED) is 0.834. The summed E-state index contributed by atoms with van der Waals surface area (Å²) in [4.78, 5) is 14.6. The molecule has 0 saturated carbocycles. The average molecular weight is 345 g/mol.